The van der Waals surface area contributed by atoms with Crippen molar-refractivity contribution in [3.8, 4) is 0 Å². The van der Waals surface area contributed by atoms with Crippen molar-refractivity contribution in [1.29, 1.82) is 0 Å². The average molecular weight is 285 g/mol. The predicted octanol–water partition coefficient (Wildman–Crippen LogP) is 2.17. The molecule has 20 heavy (non-hydrogen) atoms. The molecule has 1 N–H and O–H groups in total. The van der Waals surface area contributed by atoms with Gasteiger partial charge in [0.15, 0.2) is 0 Å². The van der Waals surface area contributed by atoms with Gasteiger partial charge in [0, 0.05) is 25.6 Å². The van der Waals surface area contributed by atoms with Crippen LogP contribution in [0.5, 0.6) is 0 Å². The maximum Gasteiger partial charge on any atom is 0.410 e. The van der Waals surface area contributed by atoms with E-state index in [0.717, 1.165) is 25.7 Å². The quantitative estimate of drug-likeness (QED) is 0.802. The highest BCUT2D eigenvalue weighted by atomic mass is 16.6. The molecule has 0 saturated carbocycles. The van der Waals surface area contributed by atoms with Gasteiger partial charge in [-0.15, -0.1) is 0 Å². The summed E-state index contributed by atoms with van der Waals surface area (Å²) in [5.41, 5.74) is -0.522. The van der Waals surface area contributed by atoms with Gasteiger partial charge in [0.05, 0.1) is 12.2 Å². The van der Waals surface area contributed by atoms with Crippen LogP contribution in [-0.4, -0.2) is 53.6 Å². The number of ether oxygens (including phenoxy) is 2. The molecule has 2 saturated heterocycles. The lowest BCUT2D eigenvalue weighted by Gasteiger charge is -2.45. The van der Waals surface area contributed by atoms with E-state index >= 15 is 0 Å². The highest BCUT2D eigenvalue weighted by molar-refractivity contribution is 5.68. The predicted molar refractivity (Wildman–Crippen MR) is 75.5 cm³/mol. The number of rotatable bonds is 1. The maximum absolute atomic E-state index is 12.0. The summed E-state index contributed by atoms with van der Waals surface area (Å²) in [4.78, 5) is 13.8. The molecule has 5 heteroatoms. The van der Waals surface area contributed by atoms with E-state index in [1.807, 2.05) is 20.8 Å². The number of aliphatic hydroxyl groups excluding tert-OH is 1. The van der Waals surface area contributed by atoms with E-state index in [9.17, 15) is 4.79 Å². The van der Waals surface area contributed by atoms with Gasteiger partial charge in [-0.05, 0) is 46.5 Å². The minimum Gasteiger partial charge on any atom is -0.444 e. The topological polar surface area (TPSA) is 59.0 Å². The van der Waals surface area contributed by atoms with Crippen molar-refractivity contribution in [2.24, 2.45) is 5.92 Å². The van der Waals surface area contributed by atoms with Crippen LogP contribution in [0.3, 0.4) is 0 Å². The van der Waals surface area contributed by atoms with E-state index in [1.165, 1.54) is 0 Å². The van der Waals surface area contributed by atoms with Crippen LogP contribution >= 0.6 is 0 Å². The van der Waals surface area contributed by atoms with Gasteiger partial charge in [-0.3, -0.25) is 0 Å². The number of nitrogens with zero attached hydrogens (tertiary/aromatic N) is 1. The fraction of sp³-hybridized carbons (Fsp3) is 0.933. The molecule has 116 valence electrons. The monoisotopic (exact) mass is 285 g/mol. The summed E-state index contributed by atoms with van der Waals surface area (Å²) in [5, 5.41) is 9.15. The van der Waals surface area contributed by atoms with Crippen LogP contribution in [0.25, 0.3) is 0 Å². The lowest BCUT2D eigenvalue weighted by Crippen LogP contribution is -2.51. The van der Waals surface area contributed by atoms with Gasteiger partial charge in [0.25, 0.3) is 0 Å². The Morgan fingerprint density at radius 1 is 1.35 bits per heavy atom. The summed E-state index contributed by atoms with van der Waals surface area (Å²) >= 11 is 0. The smallest absolute Gasteiger partial charge is 0.410 e. The Morgan fingerprint density at radius 2 is 2.00 bits per heavy atom. The number of hydrogen-bond acceptors (Lipinski definition) is 4. The van der Waals surface area contributed by atoms with Crippen LogP contribution in [0.1, 0.15) is 46.5 Å². The number of hydrogen-bond donors (Lipinski definition) is 1. The number of carbonyl (C=O) groups excluding carboxylic acids is 1. The zero-order valence-electron chi connectivity index (χ0n) is 12.9. The Hall–Kier alpha value is -0.810. The van der Waals surface area contributed by atoms with E-state index in [0.29, 0.717) is 19.7 Å². The molecular weight excluding hydrogens is 258 g/mol. The second kappa shape index (κ2) is 5.90. The maximum atomic E-state index is 12.0. The van der Waals surface area contributed by atoms with E-state index < -0.39 is 5.60 Å². The van der Waals surface area contributed by atoms with Gasteiger partial charge < -0.3 is 19.5 Å². The Bertz CT molecular complexity index is 332. The van der Waals surface area contributed by atoms with Crippen molar-refractivity contribution in [1.82, 2.24) is 4.90 Å². The van der Waals surface area contributed by atoms with Crippen molar-refractivity contribution >= 4 is 6.09 Å². The molecule has 2 fully saturated rings. The van der Waals surface area contributed by atoms with E-state index in [-0.39, 0.29) is 24.2 Å². The van der Waals surface area contributed by atoms with Crippen molar-refractivity contribution in [3.63, 3.8) is 0 Å². The third-order valence-electron chi connectivity index (χ3n) is 4.22. The summed E-state index contributed by atoms with van der Waals surface area (Å²) in [5.74, 6) is 0.282. The number of aliphatic hydroxyl groups is 1. The molecular formula is C15H27NO4. The van der Waals surface area contributed by atoms with Crippen LogP contribution in [0, 0.1) is 5.92 Å². The summed E-state index contributed by atoms with van der Waals surface area (Å²) in [6.07, 6.45) is 3.51. The SMILES string of the molecule is CC(C)(C)OC(=O)N1CCC2(CC[C@@H](CO)CO2)CC1. The van der Waals surface area contributed by atoms with Crippen LogP contribution in [-0.2, 0) is 9.47 Å². The fourth-order valence-corrected chi connectivity index (χ4v) is 2.88. The molecule has 1 amide bonds. The second-order valence-electron chi connectivity index (χ2n) is 7.05. The molecule has 0 radical (unpaired) electrons. The Balaban J connectivity index is 1.82. The first-order valence-electron chi connectivity index (χ1n) is 7.56. The van der Waals surface area contributed by atoms with Crippen LogP contribution in [0.2, 0.25) is 0 Å². The lowest BCUT2D eigenvalue weighted by atomic mass is 9.82. The van der Waals surface area contributed by atoms with Crippen LogP contribution in [0.4, 0.5) is 4.79 Å². The average Bonchev–Trinajstić information content (AvgIpc) is 2.38. The van der Waals surface area contributed by atoms with Gasteiger partial charge in [-0.2, -0.15) is 0 Å². The molecule has 2 aliphatic rings. The molecule has 2 rings (SSSR count). The standard InChI is InChI=1S/C15H27NO4/c1-14(2,3)20-13(18)16-8-6-15(7-9-16)5-4-12(10-17)11-19-15/h12,17H,4-11H2,1-3H3/t12-/m0/s1. The number of piperidine rings is 1. The van der Waals surface area contributed by atoms with Crippen molar-refractivity contribution < 1.29 is 19.4 Å². The summed E-state index contributed by atoms with van der Waals surface area (Å²) in [6.45, 7) is 7.89. The van der Waals surface area contributed by atoms with Gasteiger partial charge in [0.1, 0.15) is 5.60 Å². The number of amides is 1. The molecule has 0 aromatic carbocycles. The normalized spacial score (nSPS) is 26.6. The summed E-state index contributed by atoms with van der Waals surface area (Å²) < 4.78 is 11.4. The molecule has 2 heterocycles. The molecule has 1 spiro atoms. The molecule has 0 aromatic rings. The number of likely N-dealkylation sites (tertiary alicyclic amines) is 1. The first-order valence-corrected chi connectivity index (χ1v) is 7.56. The van der Waals surface area contributed by atoms with E-state index in [2.05, 4.69) is 0 Å². The lowest BCUT2D eigenvalue weighted by molar-refractivity contribution is -0.133. The highest BCUT2D eigenvalue weighted by Gasteiger charge is 2.40. The molecule has 0 aromatic heterocycles. The number of carbonyl (C=O) groups is 1. The molecule has 0 aliphatic carbocycles. The van der Waals surface area contributed by atoms with Gasteiger partial charge in [-0.25, -0.2) is 4.79 Å². The zero-order chi connectivity index (χ0) is 14.8. The van der Waals surface area contributed by atoms with E-state index in [1.54, 1.807) is 4.90 Å². The second-order valence-corrected chi connectivity index (χ2v) is 7.05. The van der Waals surface area contributed by atoms with E-state index in [4.69, 9.17) is 14.6 Å². The van der Waals surface area contributed by atoms with Crippen LogP contribution in [0.15, 0.2) is 0 Å². The summed E-state index contributed by atoms with van der Waals surface area (Å²) in [6, 6.07) is 0. The van der Waals surface area contributed by atoms with Gasteiger partial charge in [-0.1, -0.05) is 0 Å². The molecule has 1 atom stereocenters. The highest BCUT2D eigenvalue weighted by Crippen LogP contribution is 2.36. The Morgan fingerprint density at radius 3 is 2.45 bits per heavy atom. The van der Waals surface area contributed by atoms with Gasteiger partial charge >= 0.3 is 6.09 Å². The van der Waals surface area contributed by atoms with Gasteiger partial charge in [0.2, 0.25) is 0 Å². The Kier molecular flexibility index (Phi) is 4.59. The molecule has 2 aliphatic heterocycles. The van der Waals surface area contributed by atoms with Crippen molar-refractivity contribution in [2.75, 3.05) is 26.3 Å². The largest absolute Gasteiger partial charge is 0.444 e. The Labute approximate surface area is 121 Å². The third kappa shape index (κ3) is 3.85. The molecule has 0 unspecified atom stereocenters. The first kappa shape index (κ1) is 15.6. The molecule has 5 nitrogen and oxygen atoms in total. The minimum absolute atomic E-state index is 0.0792. The third-order valence-corrected chi connectivity index (χ3v) is 4.22. The molecule has 0 bridgehead atoms. The fourth-order valence-electron chi connectivity index (χ4n) is 2.88. The minimum atomic E-state index is -0.443. The van der Waals surface area contributed by atoms with Crippen molar-refractivity contribution in [3.05, 3.63) is 0 Å². The van der Waals surface area contributed by atoms with Crippen molar-refractivity contribution in [2.45, 2.75) is 57.7 Å². The van der Waals surface area contributed by atoms with Crippen LogP contribution < -0.4 is 0 Å². The zero-order valence-corrected chi connectivity index (χ0v) is 12.9. The first-order chi connectivity index (χ1) is 9.34. The summed E-state index contributed by atoms with van der Waals surface area (Å²) in [7, 11) is 0.